The van der Waals surface area contributed by atoms with Crippen LogP contribution in [0, 0.1) is 10.1 Å². The predicted octanol–water partition coefficient (Wildman–Crippen LogP) is 1.78. The maximum atomic E-state index is 11.8. The van der Waals surface area contributed by atoms with E-state index in [1.54, 1.807) is 31.4 Å². The fourth-order valence-corrected chi connectivity index (χ4v) is 2.01. The normalized spacial score (nSPS) is 10.0. The van der Waals surface area contributed by atoms with Gasteiger partial charge in [0.05, 0.1) is 18.1 Å². The van der Waals surface area contributed by atoms with Crippen molar-refractivity contribution in [3.63, 3.8) is 0 Å². The van der Waals surface area contributed by atoms with E-state index in [2.05, 4.69) is 5.32 Å². The molecular weight excluding hydrogens is 344 g/mol. The number of ether oxygens (including phenoxy) is 2. The second-order valence-electron chi connectivity index (χ2n) is 5.16. The fraction of sp³-hybridized carbons (Fsp3) is 0.176. The number of hydrogen-bond donors (Lipinski definition) is 2. The fourth-order valence-electron chi connectivity index (χ4n) is 2.01. The van der Waals surface area contributed by atoms with E-state index < -0.39 is 29.2 Å². The lowest BCUT2D eigenvalue weighted by Crippen LogP contribution is -2.28. The number of benzene rings is 2. The number of methoxy groups -OCH3 is 1. The Morgan fingerprint density at radius 2 is 1.88 bits per heavy atom. The Labute approximate surface area is 148 Å². The standard InChI is InChI=1S/C17H16N2O7/c1-25-13-5-2-11(3-6-13)9-18-16(21)10-26-17(22)14-7-4-12(19(23)24)8-15(14)20/h2-8,20H,9-10H2,1H3,(H,18,21). The summed E-state index contributed by atoms with van der Waals surface area (Å²) in [6.07, 6.45) is 0. The average Bonchev–Trinajstić information content (AvgIpc) is 2.64. The van der Waals surface area contributed by atoms with Gasteiger partial charge in [-0.05, 0) is 23.8 Å². The summed E-state index contributed by atoms with van der Waals surface area (Å²) < 4.78 is 9.82. The Morgan fingerprint density at radius 1 is 1.19 bits per heavy atom. The van der Waals surface area contributed by atoms with Crippen LogP contribution in [-0.2, 0) is 16.1 Å². The molecule has 0 aliphatic carbocycles. The molecule has 0 saturated heterocycles. The van der Waals surface area contributed by atoms with E-state index in [-0.39, 0.29) is 17.8 Å². The van der Waals surface area contributed by atoms with Gasteiger partial charge in [-0.15, -0.1) is 0 Å². The first-order valence-electron chi connectivity index (χ1n) is 7.45. The molecule has 0 saturated carbocycles. The van der Waals surface area contributed by atoms with Gasteiger partial charge in [-0.2, -0.15) is 0 Å². The molecule has 2 aromatic carbocycles. The number of phenolic OH excluding ortho intramolecular Hbond substituents is 1. The molecule has 2 rings (SSSR count). The Bertz CT molecular complexity index is 818. The number of nitro benzene ring substituents is 1. The lowest BCUT2D eigenvalue weighted by atomic mass is 10.2. The molecule has 2 aromatic rings. The van der Waals surface area contributed by atoms with Crippen LogP contribution in [0.5, 0.6) is 11.5 Å². The summed E-state index contributed by atoms with van der Waals surface area (Å²) in [5, 5.41) is 22.8. The number of carbonyl (C=O) groups is 2. The van der Waals surface area contributed by atoms with Gasteiger partial charge < -0.3 is 19.9 Å². The molecule has 0 fully saturated rings. The minimum absolute atomic E-state index is 0.239. The van der Waals surface area contributed by atoms with E-state index in [0.717, 1.165) is 23.8 Å². The zero-order valence-corrected chi connectivity index (χ0v) is 13.8. The summed E-state index contributed by atoms with van der Waals surface area (Å²) in [6, 6.07) is 10.0. The van der Waals surface area contributed by atoms with E-state index in [4.69, 9.17) is 9.47 Å². The first-order valence-corrected chi connectivity index (χ1v) is 7.45. The van der Waals surface area contributed by atoms with E-state index >= 15 is 0 Å². The van der Waals surface area contributed by atoms with Gasteiger partial charge in [0, 0.05) is 12.6 Å². The second-order valence-corrected chi connectivity index (χ2v) is 5.16. The monoisotopic (exact) mass is 360 g/mol. The Hall–Kier alpha value is -3.62. The zero-order chi connectivity index (χ0) is 19.1. The lowest BCUT2D eigenvalue weighted by Gasteiger charge is -2.08. The quantitative estimate of drug-likeness (QED) is 0.437. The molecule has 0 heterocycles. The number of carbonyl (C=O) groups excluding carboxylic acids is 2. The molecule has 0 aliphatic rings. The molecule has 136 valence electrons. The molecule has 0 spiro atoms. The molecule has 0 aliphatic heterocycles. The minimum atomic E-state index is -0.961. The number of hydrogen-bond acceptors (Lipinski definition) is 7. The van der Waals surface area contributed by atoms with Crippen LogP contribution in [-0.4, -0.2) is 35.6 Å². The van der Waals surface area contributed by atoms with Crippen LogP contribution in [0.1, 0.15) is 15.9 Å². The molecule has 0 aromatic heterocycles. The van der Waals surface area contributed by atoms with Crippen LogP contribution in [0.3, 0.4) is 0 Å². The molecular formula is C17H16N2O7. The number of nitro groups is 1. The summed E-state index contributed by atoms with van der Waals surface area (Å²) >= 11 is 0. The summed E-state index contributed by atoms with van der Waals surface area (Å²) in [4.78, 5) is 33.5. The highest BCUT2D eigenvalue weighted by Gasteiger charge is 2.17. The van der Waals surface area contributed by atoms with E-state index in [9.17, 15) is 24.8 Å². The summed E-state index contributed by atoms with van der Waals surface area (Å²) in [5.74, 6) is -1.40. The van der Waals surface area contributed by atoms with Gasteiger partial charge in [-0.25, -0.2) is 4.79 Å². The van der Waals surface area contributed by atoms with Crippen LogP contribution in [0.25, 0.3) is 0 Å². The van der Waals surface area contributed by atoms with E-state index in [1.807, 2.05) is 0 Å². The number of aromatic hydroxyl groups is 1. The average molecular weight is 360 g/mol. The van der Waals surface area contributed by atoms with Gasteiger partial charge in [0.15, 0.2) is 6.61 Å². The molecule has 0 bridgehead atoms. The topological polar surface area (TPSA) is 128 Å². The summed E-state index contributed by atoms with van der Waals surface area (Å²) in [5.41, 5.74) is 0.202. The number of phenols is 1. The van der Waals surface area contributed by atoms with Gasteiger partial charge in [-0.3, -0.25) is 14.9 Å². The van der Waals surface area contributed by atoms with Gasteiger partial charge in [0.1, 0.15) is 17.1 Å². The molecule has 2 N–H and O–H groups in total. The molecule has 9 heteroatoms. The lowest BCUT2D eigenvalue weighted by molar-refractivity contribution is -0.384. The third-order valence-corrected chi connectivity index (χ3v) is 3.40. The Kier molecular flexibility index (Phi) is 6.10. The number of nitrogens with zero attached hydrogens (tertiary/aromatic N) is 1. The van der Waals surface area contributed by atoms with Gasteiger partial charge in [-0.1, -0.05) is 12.1 Å². The Balaban J connectivity index is 1.84. The summed E-state index contributed by atoms with van der Waals surface area (Å²) in [7, 11) is 1.55. The van der Waals surface area contributed by atoms with Crippen molar-refractivity contribution in [1.82, 2.24) is 5.32 Å². The van der Waals surface area contributed by atoms with Crippen LogP contribution >= 0.6 is 0 Å². The van der Waals surface area contributed by atoms with Crippen molar-refractivity contribution >= 4 is 17.6 Å². The maximum Gasteiger partial charge on any atom is 0.342 e. The van der Waals surface area contributed by atoms with Crippen LogP contribution in [0.4, 0.5) is 5.69 Å². The predicted molar refractivity (Wildman–Crippen MR) is 89.9 cm³/mol. The number of esters is 1. The molecule has 0 radical (unpaired) electrons. The first kappa shape index (κ1) is 18.7. The highest BCUT2D eigenvalue weighted by atomic mass is 16.6. The molecule has 0 atom stereocenters. The van der Waals surface area contributed by atoms with Gasteiger partial charge in [0.2, 0.25) is 0 Å². The second kappa shape index (κ2) is 8.47. The highest BCUT2D eigenvalue weighted by molar-refractivity contribution is 5.94. The Morgan fingerprint density at radius 3 is 2.46 bits per heavy atom. The van der Waals surface area contributed by atoms with E-state index in [1.165, 1.54) is 0 Å². The highest BCUT2D eigenvalue weighted by Crippen LogP contribution is 2.24. The number of non-ortho nitro benzene ring substituents is 1. The number of rotatable bonds is 7. The first-order chi connectivity index (χ1) is 12.4. The van der Waals surface area contributed by atoms with Crippen molar-refractivity contribution in [2.24, 2.45) is 0 Å². The molecule has 1 amide bonds. The SMILES string of the molecule is COc1ccc(CNC(=O)COC(=O)c2ccc([N+](=O)[O-])cc2O)cc1. The van der Waals surface area contributed by atoms with Crippen LogP contribution in [0.2, 0.25) is 0 Å². The third kappa shape index (κ3) is 4.94. The number of amides is 1. The van der Waals surface area contributed by atoms with Crippen molar-refractivity contribution in [1.29, 1.82) is 0 Å². The van der Waals surface area contributed by atoms with E-state index in [0.29, 0.717) is 5.75 Å². The van der Waals surface area contributed by atoms with Crippen LogP contribution in [0.15, 0.2) is 42.5 Å². The summed E-state index contributed by atoms with van der Waals surface area (Å²) in [6.45, 7) is -0.311. The third-order valence-electron chi connectivity index (χ3n) is 3.40. The van der Waals surface area contributed by atoms with Gasteiger partial charge >= 0.3 is 5.97 Å². The smallest absolute Gasteiger partial charge is 0.342 e. The maximum absolute atomic E-state index is 11.8. The van der Waals surface area contributed by atoms with Crippen molar-refractivity contribution in [2.75, 3.05) is 13.7 Å². The molecule has 9 nitrogen and oxygen atoms in total. The zero-order valence-electron chi connectivity index (χ0n) is 13.8. The number of nitrogens with one attached hydrogen (secondary N) is 1. The van der Waals surface area contributed by atoms with Crippen molar-refractivity contribution in [3.05, 3.63) is 63.7 Å². The largest absolute Gasteiger partial charge is 0.507 e. The van der Waals surface area contributed by atoms with Crippen molar-refractivity contribution in [2.45, 2.75) is 6.54 Å². The van der Waals surface area contributed by atoms with Crippen LogP contribution < -0.4 is 10.1 Å². The minimum Gasteiger partial charge on any atom is -0.507 e. The van der Waals surface area contributed by atoms with Crippen molar-refractivity contribution in [3.8, 4) is 11.5 Å². The molecule has 26 heavy (non-hydrogen) atoms. The van der Waals surface area contributed by atoms with Gasteiger partial charge in [0.25, 0.3) is 11.6 Å². The van der Waals surface area contributed by atoms with Crippen molar-refractivity contribution < 1.29 is 29.1 Å². The molecule has 0 unspecified atom stereocenters.